The van der Waals surface area contributed by atoms with E-state index in [4.69, 9.17) is 18.0 Å². The number of halogens is 1. The smallest absolute Gasteiger partial charge is 0.0901 e. The number of rotatable bonds is 5. The zero-order chi connectivity index (χ0) is 14.5. The van der Waals surface area contributed by atoms with E-state index in [0.717, 1.165) is 49.3 Å². The van der Waals surface area contributed by atoms with Gasteiger partial charge in [-0.1, -0.05) is 19.1 Å². The molecule has 2 N–H and O–H groups in total. The number of pyridine rings is 1. The van der Waals surface area contributed by atoms with Gasteiger partial charge in [-0.3, -0.25) is 14.8 Å². The van der Waals surface area contributed by atoms with Crippen LogP contribution in [0.3, 0.4) is 0 Å². The maximum absolute atomic E-state index is 5.81. The number of hydrogen-bond donors (Lipinski definition) is 1. The second-order valence-corrected chi connectivity index (χ2v) is 6.49. The maximum atomic E-state index is 5.81. The van der Waals surface area contributed by atoms with Crippen molar-refractivity contribution in [3.05, 3.63) is 28.5 Å². The van der Waals surface area contributed by atoms with E-state index in [9.17, 15) is 0 Å². The fourth-order valence-corrected chi connectivity index (χ4v) is 3.15. The number of piperazine rings is 1. The second-order valence-electron chi connectivity index (χ2n) is 5.11. The summed E-state index contributed by atoms with van der Waals surface area (Å²) in [6.07, 6.45) is 2.84. The zero-order valence-electron chi connectivity index (χ0n) is 11.8. The average molecular weight is 357 g/mol. The topological polar surface area (TPSA) is 45.4 Å². The molecule has 1 aliphatic heterocycles. The van der Waals surface area contributed by atoms with Crippen molar-refractivity contribution in [2.75, 3.05) is 26.2 Å². The van der Waals surface area contributed by atoms with Crippen LogP contribution in [0, 0.1) is 0 Å². The van der Waals surface area contributed by atoms with Crippen molar-refractivity contribution in [2.24, 2.45) is 5.73 Å². The summed E-state index contributed by atoms with van der Waals surface area (Å²) in [6, 6.07) is 4.36. The van der Waals surface area contributed by atoms with Crippen LogP contribution in [0.15, 0.2) is 22.8 Å². The van der Waals surface area contributed by atoms with E-state index >= 15 is 0 Å². The lowest BCUT2D eigenvalue weighted by Gasteiger charge is -2.38. The Morgan fingerprint density at radius 3 is 2.60 bits per heavy atom. The Labute approximate surface area is 134 Å². The van der Waals surface area contributed by atoms with Gasteiger partial charge in [-0.05, 0) is 34.5 Å². The Bertz CT molecular complexity index is 443. The van der Waals surface area contributed by atoms with Gasteiger partial charge in [0.15, 0.2) is 0 Å². The molecule has 1 fully saturated rings. The maximum Gasteiger partial charge on any atom is 0.0901 e. The molecule has 110 valence electrons. The molecule has 1 aromatic heterocycles. The van der Waals surface area contributed by atoms with Gasteiger partial charge in [0.2, 0.25) is 0 Å². The molecule has 0 saturated carbocycles. The third-order valence-electron chi connectivity index (χ3n) is 3.74. The molecule has 1 unspecified atom stereocenters. The van der Waals surface area contributed by atoms with Crippen LogP contribution < -0.4 is 5.73 Å². The van der Waals surface area contributed by atoms with Gasteiger partial charge in [0.05, 0.1) is 16.7 Å². The molecule has 20 heavy (non-hydrogen) atoms. The molecule has 0 spiro atoms. The van der Waals surface area contributed by atoms with Crippen molar-refractivity contribution in [3.8, 4) is 0 Å². The summed E-state index contributed by atoms with van der Waals surface area (Å²) < 4.78 is 1.02. The van der Waals surface area contributed by atoms with Gasteiger partial charge in [-0.25, -0.2) is 0 Å². The van der Waals surface area contributed by atoms with E-state index < -0.39 is 0 Å². The molecular weight excluding hydrogens is 336 g/mol. The molecule has 0 aliphatic carbocycles. The van der Waals surface area contributed by atoms with E-state index in [1.807, 2.05) is 12.3 Å². The first-order chi connectivity index (χ1) is 9.60. The zero-order valence-corrected chi connectivity index (χ0v) is 14.2. The molecule has 1 aromatic rings. The fraction of sp³-hybridized carbons (Fsp3) is 0.571. The fourth-order valence-electron chi connectivity index (χ4n) is 2.60. The van der Waals surface area contributed by atoms with E-state index in [2.05, 4.69) is 43.7 Å². The van der Waals surface area contributed by atoms with Crippen LogP contribution in [0.5, 0.6) is 0 Å². The van der Waals surface area contributed by atoms with Crippen molar-refractivity contribution >= 4 is 33.1 Å². The number of nitrogens with two attached hydrogens (primary N) is 1. The lowest BCUT2D eigenvalue weighted by atomic mass is 10.1. The molecule has 1 saturated heterocycles. The monoisotopic (exact) mass is 356 g/mol. The van der Waals surface area contributed by atoms with Gasteiger partial charge in [0.1, 0.15) is 0 Å². The summed E-state index contributed by atoms with van der Waals surface area (Å²) in [5, 5.41) is 0. The van der Waals surface area contributed by atoms with Crippen LogP contribution in [0.25, 0.3) is 0 Å². The van der Waals surface area contributed by atoms with Crippen molar-refractivity contribution in [3.63, 3.8) is 0 Å². The van der Waals surface area contributed by atoms with E-state index in [1.165, 1.54) is 0 Å². The van der Waals surface area contributed by atoms with Crippen LogP contribution in [0.2, 0.25) is 0 Å². The highest BCUT2D eigenvalue weighted by Crippen LogP contribution is 2.13. The first-order valence-electron chi connectivity index (χ1n) is 6.96. The average Bonchev–Trinajstić information content (AvgIpc) is 2.44. The molecule has 2 rings (SSSR count). The van der Waals surface area contributed by atoms with Crippen LogP contribution in [-0.4, -0.2) is 52.0 Å². The lowest BCUT2D eigenvalue weighted by Crippen LogP contribution is -2.53. The van der Waals surface area contributed by atoms with Gasteiger partial charge in [-0.15, -0.1) is 0 Å². The predicted octanol–water partition coefficient (Wildman–Crippen LogP) is 2.03. The Balaban J connectivity index is 1.85. The lowest BCUT2D eigenvalue weighted by molar-refractivity contribution is 0.111. The largest absolute Gasteiger partial charge is 0.392 e. The van der Waals surface area contributed by atoms with E-state index in [1.54, 1.807) is 0 Å². The molecule has 1 aliphatic rings. The number of nitrogens with zero attached hydrogens (tertiary/aromatic N) is 3. The van der Waals surface area contributed by atoms with Gasteiger partial charge in [0.25, 0.3) is 0 Å². The van der Waals surface area contributed by atoms with Crippen LogP contribution in [0.1, 0.15) is 19.0 Å². The summed E-state index contributed by atoms with van der Waals surface area (Å²) in [5.74, 6) is 0. The van der Waals surface area contributed by atoms with Crippen molar-refractivity contribution in [2.45, 2.75) is 25.9 Å². The Kier molecular flexibility index (Phi) is 5.89. The van der Waals surface area contributed by atoms with Gasteiger partial charge >= 0.3 is 0 Å². The predicted molar refractivity (Wildman–Crippen MR) is 89.7 cm³/mol. The summed E-state index contributed by atoms with van der Waals surface area (Å²) in [5.41, 5.74) is 6.93. The summed E-state index contributed by atoms with van der Waals surface area (Å²) in [4.78, 5) is 9.88. The SMILES string of the molecule is CCC(C(N)=S)N1CCN(Cc2ccc(Br)cn2)CC1. The molecule has 6 heteroatoms. The first-order valence-corrected chi connectivity index (χ1v) is 8.16. The molecule has 0 radical (unpaired) electrons. The highest BCUT2D eigenvalue weighted by Gasteiger charge is 2.24. The molecule has 0 aromatic carbocycles. The minimum absolute atomic E-state index is 0.248. The number of aromatic nitrogens is 1. The molecule has 1 atom stereocenters. The minimum atomic E-state index is 0.248. The quantitative estimate of drug-likeness (QED) is 0.817. The first kappa shape index (κ1) is 15.8. The highest BCUT2D eigenvalue weighted by molar-refractivity contribution is 9.10. The molecule has 0 amide bonds. The third kappa shape index (κ3) is 4.22. The standard InChI is InChI=1S/C14H21BrN4S/c1-2-13(14(16)20)19-7-5-18(6-8-19)10-12-4-3-11(15)9-17-12/h3-4,9,13H,2,5-8,10H2,1H3,(H2,16,20). The summed E-state index contributed by atoms with van der Waals surface area (Å²) >= 11 is 8.56. The van der Waals surface area contributed by atoms with Crippen molar-refractivity contribution in [1.29, 1.82) is 0 Å². The van der Waals surface area contributed by atoms with Gasteiger partial charge in [0, 0.05) is 43.4 Å². The van der Waals surface area contributed by atoms with Gasteiger partial charge in [-0.2, -0.15) is 0 Å². The van der Waals surface area contributed by atoms with Crippen LogP contribution >= 0.6 is 28.1 Å². The van der Waals surface area contributed by atoms with E-state index in [0.29, 0.717) is 4.99 Å². The normalized spacial score (nSPS) is 18.9. The molecule has 2 heterocycles. The van der Waals surface area contributed by atoms with Gasteiger partial charge < -0.3 is 5.73 Å². The molecular formula is C14H21BrN4S. The molecule has 0 bridgehead atoms. The third-order valence-corrected chi connectivity index (χ3v) is 4.48. The summed E-state index contributed by atoms with van der Waals surface area (Å²) in [7, 11) is 0. The van der Waals surface area contributed by atoms with Crippen LogP contribution in [-0.2, 0) is 6.54 Å². The Hall–Kier alpha value is -0.560. The van der Waals surface area contributed by atoms with Crippen molar-refractivity contribution < 1.29 is 0 Å². The van der Waals surface area contributed by atoms with Crippen molar-refractivity contribution in [1.82, 2.24) is 14.8 Å². The number of hydrogen-bond acceptors (Lipinski definition) is 4. The second kappa shape index (κ2) is 7.45. The highest BCUT2D eigenvalue weighted by atomic mass is 79.9. The minimum Gasteiger partial charge on any atom is -0.392 e. The Morgan fingerprint density at radius 2 is 2.10 bits per heavy atom. The van der Waals surface area contributed by atoms with E-state index in [-0.39, 0.29) is 6.04 Å². The number of thiocarbonyl (C=S) groups is 1. The summed E-state index contributed by atoms with van der Waals surface area (Å²) in [6.45, 7) is 7.17. The Morgan fingerprint density at radius 1 is 1.40 bits per heavy atom. The molecule has 4 nitrogen and oxygen atoms in total. The van der Waals surface area contributed by atoms with Crippen LogP contribution in [0.4, 0.5) is 0 Å².